The number of hydrogen-bond acceptors (Lipinski definition) is 2. The van der Waals surface area contributed by atoms with Crippen molar-refractivity contribution in [3.63, 3.8) is 0 Å². The zero-order valence-corrected chi connectivity index (χ0v) is 13.0. The van der Waals surface area contributed by atoms with Crippen LogP contribution >= 0.6 is 0 Å². The first-order valence-electron chi connectivity index (χ1n) is 7.28. The molecular formula is C16H26N4. The van der Waals surface area contributed by atoms with E-state index in [1.54, 1.807) is 0 Å². The topological polar surface area (TPSA) is 53.6 Å². The maximum Gasteiger partial charge on any atom is 0.193 e. The molecule has 2 rings (SSSR count). The summed E-state index contributed by atoms with van der Waals surface area (Å²) in [6.07, 6.45) is 2.64. The van der Waals surface area contributed by atoms with Crippen LogP contribution in [0.15, 0.2) is 23.2 Å². The number of aliphatic imine (C=N–C) groups is 1. The number of nitrogens with two attached hydrogens (primary N) is 1. The highest BCUT2D eigenvalue weighted by Crippen LogP contribution is 2.34. The van der Waals surface area contributed by atoms with Crippen molar-refractivity contribution in [2.75, 3.05) is 26.0 Å². The summed E-state index contributed by atoms with van der Waals surface area (Å²) in [4.78, 5) is 6.75. The minimum Gasteiger partial charge on any atom is -0.370 e. The summed E-state index contributed by atoms with van der Waals surface area (Å²) in [6.45, 7) is 4.97. The van der Waals surface area contributed by atoms with Gasteiger partial charge in [-0.25, -0.2) is 0 Å². The third-order valence-corrected chi connectivity index (χ3v) is 4.06. The Kier molecular flexibility index (Phi) is 4.65. The van der Waals surface area contributed by atoms with Crippen LogP contribution in [0.1, 0.15) is 24.0 Å². The van der Waals surface area contributed by atoms with Crippen LogP contribution in [-0.2, 0) is 0 Å². The Balaban J connectivity index is 1.94. The highest BCUT2D eigenvalue weighted by Gasteiger charge is 2.32. The third kappa shape index (κ3) is 3.97. The van der Waals surface area contributed by atoms with Crippen molar-refractivity contribution in [2.24, 2.45) is 16.6 Å². The summed E-state index contributed by atoms with van der Waals surface area (Å²) >= 11 is 0. The van der Waals surface area contributed by atoms with Crippen molar-refractivity contribution in [3.05, 3.63) is 29.3 Å². The average Bonchev–Trinajstić information content (AvgIpc) is 3.18. The normalized spacial score (nSPS) is 17.4. The molecule has 0 aliphatic heterocycles. The third-order valence-electron chi connectivity index (χ3n) is 4.06. The van der Waals surface area contributed by atoms with E-state index >= 15 is 0 Å². The molecule has 1 fully saturated rings. The highest BCUT2D eigenvalue weighted by molar-refractivity contribution is 5.92. The van der Waals surface area contributed by atoms with Gasteiger partial charge in [0, 0.05) is 11.7 Å². The van der Waals surface area contributed by atoms with Gasteiger partial charge in [-0.05, 0) is 70.0 Å². The monoisotopic (exact) mass is 274 g/mol. The standard InChI is InChI=1S/C16H26N4/c1-11-5-8-14(9-12(11)2)19-16(17)18-10-15(20(3)4)13-6-7-13/h5,8-9,13,15H,6-7,10H2,1-4H3,(H3,17,18,19). The molecule has 0 spiro atoms. The molecule has 3 N–H and O–H groups in total. The zero-order valence-electron chi connectivity index (χ0n) is 13.0. The fraction of sp³-hybridized carbons (Fsp3) is 0.562. The summed E-state index contributed by atoms with van der Waals surface area (Å²) in [6, 6.07) is 6.74. The van der Waals surface area contributed by atoms with Crippen LogP contribution in [0, 0.1) is 19.8 Å². The number of benzene rings is 1. The van der Waals surface area contributed by atoms with E-state index < -0.39 is 0 Å². The summed E-state index contributed by atoms with van der Waals surface area (Å²) in [5.41, 5.74) is 9.53. The fourth-order valence-electron chi connectivity index (χ4n) is 2.41. The highest BCUT2D eigenvalue weighted by atomic mass is 15.2. The van der Waals surface area contributed by atoms with Crippen LogP contribution in [0.2, 0.25) is 0 Å². The summed E-state index contributed by atoms with van der Waals surface area (Å²) in [7, 11) is 4.23. The van der Waals surface area contributed by atoms with E-state index in [9.17, 15) is 0 Å². The first kappa shape index (κ1) is 14.9. The van der Waals surface area contributed by atoms with Gasteiger partial charge in [0.15, 0.2) is 5.96 Å². The van der Waals surface area contributed by atoms with Gasteiger partial charge in [0.1, 0.15) is 0 Å². The van der Waals surface area contributed by atoms with Gasteiger partial charge in [-0.1, -0.05) is 6.07 Å². The Morgan fingerprint density at radius 3 is 2.60 bits per heavy atom. The predicted octanol–water partition coefficient (Wildman–Crippen LogP) is 2.37. The maximum absolute atomic E-state index is 5.98. The molecule has 20 heavy (non-hydrogen) atoms. The lowest BCUT2D eigenvalue weighted by molar-refractivity contribution is 0.271. The molecule has 1 aromatic rings. The van der Waals surface area contributed by atoms with Crippen molar-refractivity contribution in [3.8, 4) is 0 Å². The Morgan fingerprint density at radius 1 is 1.35 bits per heavy atom. The Bertz CT molecular complexity index is 487. The quantitative estimate of drug-likeness (QED) is 0.640. The number of nitrogens with zero attached hydrogens (tertiary/aromatic N) is 2. The first-order valence-corrected chi connectivity index (χ1v) is 7.28. The minimum atomic E-state index is 0.501. The molecule has 1 aliphatic rings. The number of guanidine groups is 1. The van der Waals surface area contributed by atoms with Crippen LogP contribution in [0.3, 0.4) is 0 Å². The van der Waals surface area contributed by atoms with Crippen molar-refractivity contribution in [2.45, 2.75) is 32.7 Å². The van der Waals surface area contributed by atoms with Crippen molar-refractivity contribution in [1.82, 2.24) is 4.90 Å². The molecule has 1 unspecified atom stereocenters. The van der Waals surface area contributed by atoms with E-state index in [1.165, 1.54) is 24.0 Å². The number of likely N-dealkylation sites (N-methyl/N-ethyl adjacent to an activating group) is 1. The van der Waals surface area contributed by atoms with Crippen LogP contribution < -0.4 is 11.1 Å². The lowest BCUT2D eigenvalue weighted by Gasteiger charge is -2.22. The molecule has 0 aromatic heterocycles. The van der Waals surface area contributed by atoms with Gasteiger partial charge in [-0.3, -0.25) is 4.99 Å². The van der Waals surface area contributed by atoms with Gasteiger partial charge in [0.25, 0.3) is 0 Å². The Hall–Kier alpha value is -1.55. The summed E-state index contributed by atoms with van der Waals surface area (Å²) in [5, 5.41) is 3.17. The molecule has 4 heteroatoms. The van der Waals surface area contributed by atoms with Crippen LogP contribution in [-0.4, -0.2) is 37.5 Å². The Labute approximate surface area is 122 Å². The average molecular weight is 274 g/mol. The van der Waals surface area contributed by atoms with E-state index in [2.05, 4.69) is 55.3 Å². The molecule has 1 aliphatic carbocycles. The van der Waals surface area contributed by atoms with E-state index in [0.29, 0.717) is 12.0 Å². The van der Waals surface area contributed by atoms with E-state index in [-0.39, 0.29) is 0 Å². The van der Waals surface area contributed by atoms with Gasteiger partial charge in [0.2, 0.25) is 0 Å². The SMILES string of the molecule is Cc1ccc(NC(N)=NCC(C2CC2)N(C)C)cc1C. The lowest BCUT2D eigenvalue weighted by atomic mass is 10.1. The molecule has 0 heterocycles. The molecule has 1 atom stereocenters. The first-order chi connectivity index (χ1) is 9.47. The van der Waals surface area contributed by atoms with Crippen LogP contribution in [0.25, 0.3) is 0 Å². The summed E-state index contributed by atoms with van der Waals surface area (Å²) < 4.78 is 0. The lowest BCUT2D eigenvalue weighted by Crippen LogP contribution is -2.34. The molecule has 4 nitrogen and oxygen atoms in total. The fourth-order valence-corrected chi connectivity index (χ4v) is 2.41. The van der Waals surface area contributed by atoms with Gasteiger partial charge < -0.3 is 16.0 Å². The van der Waals surface area contributed by atoms with Gasteiger partial charge in [0.05, 0.1) is 6.54 Å². The zero-order chi connectivity index (χ0) is 14.7. The molecule has 1 aromatic carbocycles. The van der Waals surface area contributed by atoms with E-state index in [1.807, 2.05) is 6.07 Å². The molecular weight excluding hydrogens is 248 g/mol. The molecule has 1 saturated carbocycles. The van der Waals surface area contributed by atoms with E-state index in [4.69, 9.17) is 5.73 Å². The molecule has 0 radical (unpaired) electrons. The van der Waals surface area contributed by atoms with Crippen LogP contribution in [0.5, 0.6) is 0 Å². The minimum absolute atomic E-state index is 0.501. The van der Waals surface area contributed by atoms with Crippen molar-refractivity contribution >= 4 is 11.6 Å². The predicted molar refractivity (Wildman–Crippen MR) is 86.2 cm³/mol. The van der Waals surface area contributed by atoms with Crippen molar-refractivity contribution in [1.29, 1.82) is 0 Å². The number of hydrogen-bond donors (Lipinski definition) is 2. The second-order valence-electron chi connectivity index (χ2n) is 6.02. The van der Waals surface area contributed by atoms with E-state index in [0.717, 1.165) is 18.2 Å². The van der Waals surface area contributed by atoms with Gasteiger partial charge >= 0.3 is 0 Å². The summed E-state index contributed by atoms with van der Waals surface area (Å²) in [5.74, 6) is 1.30. The number of nitrogens with one attached hydrogen (secondary N) is 1. The second-order valence-corrected chi connectivity index (χ2v) is 6.02. The number of aryl methyl sites for hydroxylation is 2. The Morgan fingerprint density at radius 2 is 2.05 bits per heavy atom. The maximum atomic E-state index is 5.98. The largest absolute Gasteiger partial charge is 0.370 e. The van der Waals surface area contributed by atoms with Gasteiger partial charge in [-0.2, -0.15) is 0 Å². The van der Waals surface area contributed by atoms with Gasteiger partial charge in [-0.15, -0.1) is 0 Å². The smallest absolute Gasteiger partial charge is 0.193 e. The molecule has 0 amide bonds. The number of anilines is 1. The van der Waals surface area contributed by atoms with Crippen molar-refractivity contribution < 1.29 is 0 Å². The molecule has 0 bridgehead atoms. The second kappa shape index (κ2) is 6.27. The molecule has 110 valence electrons. The number of rotatable bonds is 5. The van der Waals surface area contributed by atoms with Crippen LogP contribution in [0.4, 0.5) is 5.69 Å². The molecule has 0 saturated heterocycles.